The van der Waals surface area contributed by atoms with Crippen LogP contribution < -0.4 is 0 Å². The Kier molecular flexibility index (Phi) is 2.49. The molecule has 0 saturated carbocycles. The van der Waals surface area contributed by atoms with Gasteiger partial charge in [-0.15, -0.1) is 11.3 Å². The summed E-state index contributed by atoms with van der Waals surface area (Å²) in [4.78, 5) is 12.4. The van der Waals surface area contributed by atoms with E-state index >= 15 is 0 Å². The molecule has 0 fully saturated rings. The van der Waals surface area contributed by atoms with Crippen molar-refractivity contribution in [3.8, 4) is 10.6 Å². The molecule has 2 heterocycles. The maximum atomic E-state index is 11.3. The van der Waals surface area contributed by atoms with E-state index < -0.39 is 0 Å². The van der Waals surface area contributed by atoms with E-state index in [-0.39, 0.29) is 5.78 Å². The lowest BCUT2D eigenvalue weighted by Crippen LogP contribution is -1.90. The van der Waals surface area contributed by atoms with Crippen LogP contribution in [-0.2, 0) is 0 Å². The van der Waals surface area contributed by atoms with E-state index in [9.17, 15) is 4.79 Å². The van der Waals surface area contributed by atoms with E-state index in [0.29, 0.717) is 11.3 Å². The first-order valence-corrected chi connectivity index (χ1v) is 5.63. The van der Waals surface area contributed by atoms with Gasteiger partial charge >= 0.3 is 0 Å². The smallest absolute Gasteiger partial charge is 0.163 e. The van der Waals surface area contributed by atoms with Crippen molar-refractivity contribution < 1.29 is 9.21 Å². The Morgan fingerprint density at radius 1 is 1.40 bits per heavy atom. The highest BCUT2D eigenvalue weighted by Gasteiger charge is 2.14. The molecule has 78 valence electrons. The Morgan fingerprint density at radius 3 is 2.60 bits per heavy atom. The summed E-state index contributed by atoms with van der Waals surface area (Å²) in [5, 5.41) is 2.02. The summed E-state index contributed by atoms with van der Waals surface area (Å²) in [7, 11) is 0. The molecule has 15 heavy (non-hydrogen) atoms. The molecule has 0 radical (unpaired) electrons. The molecule has 0 spiro atoms. The second-order valence-corrected chi connectivity index (χ2v) is 4.49. The van der Waals surface area contributed by atoms with Crippen LogP contribution in [0.15, 0.2) is 21.9 Å². The fourth-order valence-corrected chi connectivity index (χ4v) is 2.45. The van der Waals surface area contributed by atoms with Crippen molar-refractivity contribution in [2.24, 2.45) is 0 Å². The van der Waals surface area contributed by atoms with Crippen molar-refractivity contribution in [1.82, 2.24) is 0 Å². The van der Waals surface area contributed by atoms with Crippen molar-refractivity contribution in [2.45, 2.75) is 20.8 Å². The summed E-state index contributed by atoms with van der Waals surface area (Å²) < 4.78 is 5.59. The van der Waals surface area contributed by atoms with E-state index in [1.54, 1.807) is 18.3 Å². The van der Waals surface area contributed by atoms with Gasteiger partial charge in [0.2, 0.25) is 0 Å². The molecule has 2 aromatic rings. The average Bonchev–Trinajstić information content (AvgIpc) is 2.71. The fraction of sp³-hybridized carbons (Fsp3) is 0.250. The number of carbonyl (C=O) groups excluding carboxylic acids is 1. The first-order chi connectivity index (χ1) is 7.09. The second kappa shape index (κ2) is 3.66. The number of aryl methyl sites for hydroxylation is 2. The average molecular weight is 220 g/mol. The number of Topliss-reactive ketones (excluding diaryl/α,β-unsaturated/α-hetero) is 1. The lowest BCUT2D eigenvalue weighted by molar-refractivity contribution is 0.101. The number of thiophene rings is 1. The maximum absolute atomic E-state index is 11.3. The molecule has 2 rings (SSSR count). The van der Waals surface area contributed by atoms with Crippen molar-refractivity contribution in [3.05, 3.63) is 34.4 Å². The van der Waals surface area contributed by atoms with Gasteiger partial charge in [-0.3, -0.25) is 4.79 Å². The Morgan fingerprint density at radius 2 is 2.13 bits per heavy atom. The Balaban J connectivity index is 2.52. The molecular weight excluding hydrogens is 208 g/mol. The predicted octanol–water partition coefficient (Wildman–Crippen LogP) is 3.83. The van der Waals surface area contributed by atoms with Gasteiger partial charge in [-0.05, 0) is 43.8 Å². The summed E-state index contributed by atoms with van der Waals surface area (Å²) in [5.74, 6) is 1.55. The third-order valence-electron chi connectivity index (χ3n) is 2.38. The van der Waals surface area contributed by atoms with Gasteiger partial charge in [-0.25, -0.2) is 0 Å². The van der Waals surface area contributed by atoms with Gasteiger partial charge in [0.05, 0.1) is 10.4 Å². The fourth-order valence-electron chi connectivity index (χ4n) is 1.57. The minimum Gasteiger partial charge on any atom is -0.460 e. The van der Waals surface area contributed by atoms with Crippen LogP contribution in [0.1, 0.15) is 28.6 Å². The molecule has 2 nitrogen and oxygen atoms in total. The first-order valence-electron chi connectivity index (χ1n) is 4.75. The molecular formula is C12H12O2S. The van der Waals surface area contributed by atoms with Crippen molar-refractivity contribution in [2.75, 3.05) is 0 Å². The minimum absolute atomic E-state index is 0.0525. The molecule has 0 saturated heterocycles. The third kappa shape index (κ3) is 1.75. The van der Waals surface area contributed by atoms with E-state index in [2.05, 4.69) is 0 Å². The number of carbonyl (C=O) groups is 1. The van der Waals surface area contributed by atoms with Gasteiger partial charge < -0.3 is 4.42 Å². The zero-order valence-electron chi connectivity index (χ0n) is 8.96. The Hall–Kier alpha value is -1.35. The third-order valence-corrected chi connectivity index (χ3v) is 3.41. The quantitative estimate of drug-likeness (QED) is 0.720. The largest absolute Gasteiger partial charge is 0.460 e. The van der Waals surface area contributed by atoms with Crippen molar-refractivity contribution >= 4 is 17.1 Å². The minimum atomic E-state index is 0.0525. The molecule has 0 N–H and O–H groups in total. The molecule has 0 bridgehead atoms. The number of furan rings is 1. The number of hydrogen-bond acceptors (Lipinski definition) is 3. The lowest BCUT2D eigenvalue weighted by Gasteiger charge is -1.92. The number of hydrogen-bond donors (Lipinski definition) is 0. The van der Waals surface area contributed by atoms with E-state index in [4.69, 9.17) is 4.42 Å². The standard InChI is InChI=1S/C12H12O2S/c1-7-4-5-15-12(7)11-6-10(8(2)13)9(3)14-11/h4-6H,1-3H3. The SMILES string of the molecule is CC(=O)c1cc(-c2sccc2C)oc1C. The molecule has 0 aliphatic rings. The van der Waals surface area contributed by atoms with E-state index in [1.807, 2.05) is 31.4 Å². The normalized spacial score (nSPS) is 10.6. The van der Waals surface area contributed by atoms with Crippen LogP contribution in [0.25, 0.3) is 10.6 Å². The van der Waals surface area contributed by atoms with Crippen molar-refractivity contribution in [3.63, 3.8) is 0 Å². The first kappa shape index (κ1) is 10.2. The van der Waals surface area contributed by atoms with E-state index in [0.717, 1.165) is 10.6 Å². The van der Waals surface area contributed by atoms with Crippen LogP contribution in [0.4, 0.5) is 0 Å². The van der Waals surface area contributed by atoms with Gasteiger partial charge in [0.15, 0.2) is 5.78 Å². The van der Waals surface area contributed by atoms with Gasteiger partial charge in [0, 0.05) is 0 Å². The molecule has 0 aliphatic carbocycles. The highest BCUT2D eigenvalue weighted by atomic mass is 32.1. The summed E-state index contributed by atoms with van der Waals surface area (Å²) in [6, 6.07) is 3.88. The van der Waals surface area contributed by atoms with Crippen molar-refractivity contribution in [1.29, 1.82) is 0 Å². The Labute approximate surface area is 92.5 Å². The van der Waals surface area contributed by atoms with Gasteiger partial charge in [0.25, 0.3) is 0 Å². The zero-order chi connectivity index (χ0) is 11.0. The lowest BCUT2D eigenvalue weighted by atomic mass is 10.1. The predicted molar refractivity (Wildman–Crippen MR) is 61.5 cm³/mol. The molecule has 0 unspecified atom stereocenters. The molecule has 0 amide bonds. The summed E-state index contributed by atoms with van der Waals surface area (Å²) in [6.07, 6.45) is 0. The monoisotopic (exact) mass is 220 g/mol. The molecule has 0 atom stereocenters. The summed E-state index contributed by atoms with van der Waals surface area (Å²) in [6.45, 7) is 5.42. The Bertz CT molecular complexity index is 505. The highest BCUT2D eigenvalue weighted by Crippen LogP contribution is 2.32. The van der Waals surface area contributed by atoms with Gasteiger partial charge in [0.1, 0.15) is 11.5 Å². The second-order valence-electron chi connectivity index (χ2n) is 3.57. The van der Waals surface area contributed by atoms with Gasteiger partial charge in [-0.1, -0.05) is 0 Å². The van der Waals surface area contributed by atoms with Crippen LogP contribution in [0.5, 0.6) is 0 Å². The molecule has 0 aromatic carbocycles. The summed E-state index contributed by atoms with van der Waals surface area (Å²) >= 11 is 1.63. The molecule has 0 aliphatic heterocycles. The number of ketones is 1. The molecule has 2 aromatic heterocycles. The topological polar surface area (TPSA) is 30.2 Å². The number of rotatable bonds is 2. The van der Waals surface area contributed by atoms with Crippen LogP contribution in [0, 0.1) is 13.8 Å². The van der Waals surface area contributed by atoms with Crippen LogP contribution in [0.2, 0.25) is 0 Å². The van der Waals surface area contributed by atoms with Crippen LogP contribution >= 0.6 is 11.3 Å². The maximum Gasteiger partial charge on any atom is 0.163 e. The highest BCUT2D eigenvalue weighted by molar-refractivity contribution is 7.13. The molecule has 3 heteroatoms. The van der Waals surface area contributed by atoms with Gasteiger partial charge in [-0.2, -0.15) is 0 Å². The summed E-state index contributed by atoms with van der Waals surface area (Å²) in [5.41, 5.74) is 1.86. The van der Waals surface area contributed by atoms with Crippen LogP contribution in [-0.4, -0.2) is 5.78 Å². The zero-order valence-corrected chi connectivity index (χ0v) is 9.77. The van der Waals surface area contributed by atoms with E-state index in [1.165, 1.54) is 5.56 Å². The van der Waals surface area contributed by atoms with Crippen LogP contribution in [0.3, 0.4) is 0 Å².